The maximum Gasteiger partial charge on any atom is 0.254 e. The molecule has 1 heterocycles. The Hall–Kier alpha value is -0.903. The van der Waals surface area contributed by atoms with Gasteiger partial charge in [-0.05, 0) is 5.54 Å². The molecular formula is C10H17NO2Si. The standard InChI is InChI=1S/C10H17NO2Si/c1-5-8(14(2,3)4)7-6-9(12)11-10(7)13/h6,8H,5H2,1-4H3,(H,11,12,13). The molecule has 1 unspecified atom stereocenters. The monoisotopic (exact) mass is 211 g/mol. The van der Waals surface area contributed by atoms with Gasteiger partial charge in [-0.25, -0.2) is 0 Å². The van der Waals surface area contributed by atoms with Gasteiger partial charge in [0.25, 0.3) is 11.8 Å². The third kappa shape index (κ3) is 2.12. The fourth-order valence-electron chi connectivity index (χ4n) is 1.98. The lowest BCUT2D eigenvalue weighted by atomic mass is 10.1. The minimum absolute atomic E-state index is 0.190. The van der Waals surface area contributed by atoms with Crippen molar-refractivity contribution in [3.05, 3.63) is 11.6 Å². The van der Waals surface area contributed by atoms with Crippen LogP contribution in [-0.2, 0) is 9.59 Å². The summed E-state index contributed by atoms with van der Waals surface area (Å²) in [5.74, 6) is -0.453. The van der Waals surface area contributed by atoms with Gasteiger partial charge in [0, 0.05) is 11.6 Å². The van der Waals surface area contributed by atoms with E-state index in [0.29, 0.717) is 5.57 Å². The van der Waals surface area contributed by atoms with E-state index in [1.807, 2.05) is 0 Å². The smallest absolute Gasteiger partial charge is 0.254 e. The van der Waals surface area contributed by atoms with E-state index >= 15 is 0 Å². The predicted octanol–water partition coefficient (Wildman–Crippen LogP) is 1.69. The number of rotatable bonds is 3. The van der Waals surface area contributed by atoms with E-state index in [-0.39, 0.29) is 17.4 Å². The first-order valence-electron chi connectivity index (χ1n) is 4.93. The van der Waals surface area contributed by atoms with E-state index in [0.717, 1.165) is 6.42 Å². The van der Waals surface area contributed by atoms with Crippen molar-refractivity contribution in [2.45, 2.75) is 38.5 Å². The highest BCUT2D eigenvalue weighted by Crippen LogP contribution is 2.34. The summed E-state index contributed by atoms with van der Waals surface area (Å²) in [5, 5.41) is 2.31. The van der Waals surface area contributed by atoms with Gasteiger partial charge < -0.3 is 0 Å². The van der Waals surface area contributed by atoms with Gasteiger partial charge >= 0.3 is 0 Å². The highest BCUT2D eigenvalue weighted by atomic mass is 28.3. The Kier molecular flexibility index (Phi) is 2.94. The Morgan fingerprint density at radius 2 is 1.93 bits per heavy atom. The van der Waals surface area contributed by atoms with Crippen molar-refractivity contribution in [3.63, 3.8) is 0 Å². The van der Waals surface area contributed by atoms with Crippen LogP contribution < -0.4 is 5.32 Å². The van der Waals surface area contributed by atoms with Gasteiger partial charge in [-0.3, -0.25) is 14.9 Å². The number of imide groups is 1. The zero-order valence-electron chi connectivity index (χ0n) is 9.18. The Morgan fingerprint density at radius 3 is 2.21 bits per heavy atom. The van der Waals surface area contributed by atoms with Crippen LogP contribution in [0.1, 0.15) is 13.3 Å². The fraction of sp³-hybridized carbons (Fsp3) is 0.600. The Balaban J connectivity index is 2.97. The number of hydrogen-bond acceptors (Lipinski definition) is 2. The van der Waals surface area contributed by atoms with Crippen molar-refractivity contribution in [1.82, 2.24) is 5.32 Å². The molecule has 1 rings (SSSR count). The van der Waals surface area contributed by atoms with Crippen molar-refractivity contribution in [1.29, 1.82) is 0 Å². The molecule has 4 heteroatoms. The van der Waals surface area contributed by atoms with E-state index in [1.165, 1.54) is 6.08 Å². The van der Waals surface area contributed by atoms with Crippen molar-refractivity contribution >= 4 is 19.9 Å². The minimum Gasteiger partial charge on any atom is -0.289 e. The van der Waals surface area contributed by atoms with Crippen molar-refractivity contribution in [2.75, 3.05) is 0 Å². The zero-order valence-corrected chi connectivity index (χ0v) is 10.2. The summed E-state index contributed by atoms with van der Waals surface area (Å²) in [6, 6.07) is 0. The second-order valence-electron chi connectivity index (χ2n) is 4.74. The van der Waals surface area contributed by atoms with Crippen molar-refractivity contribution in [2.24, 2.45) is 0 Å². The van der Waals surface area contributed by atoms with Gasteiger partial charge in [-0.2, -0.15) is 0 Å². The van der Waals surface area contributed by atoms with Gasteiger partial charge in [0.15, 0.2) is 0 Å². The van der Waals surface area contributed by atoms with Crippen molar-refractivity contribution in [3.8, 4) is 0 Å². The fourth-order valence-corrected chi connectivity index (χ4v) is 4.36. The van der Waals surface area contributed by atoms with Crippen LogP contribution in [0.5, 0.6) is 0 Å². The lowest BCUT2D eigenvalue weighted by Gasteiger charge is -2.27. The van der Waals surface area contributed by atoms with Crippen LogP contribution >= 0.6 is 0 Å². The molecule has 1 atom stereocenters. The molecular weight excluding hydrogens is 194 g/mol. The number of nitrogens with one attached hydrogen (secondary N) is 1. The average Bonchev–Trinajstić information content (AvgIpc) is 2.29. The lowest BCUT2D eigenvalue weighted by Crippen LogP contribution is -2.32. The Bertz CT molecular complexity index is 302. The molecule has 0 bridgehead atoms. The first-order valence-corrected chi connectivity index (χ1v) is 8.51. The largest absolute Gasteiger partial charge is 0.289 e. The SMILES string of the molecule is CCC(C1=CC(=O)NC1=O)[Si](C)(C)C. The van der Waals surface area contributed by atoms with Crippen LogP contribution in [0.25, 0.3) is 0 Å². The number of carbonyl (C=O) groups excluding carboxylic acids is 2. The lowest BCUT2D eigenvalue weighted by molar-refractivity contribution is -0.123. The highest BCUT2D eigenvalue weighted by molar-refractivity contribution is 6.78. The van der Waals surface area contributed by atoms with Gasteiger partial charge in [0.2, 0.25) is 0 Å². The second-order valence-corrected chi connectivity index (χ2v) is 10.2. The first-order chi connectivity index (χ1) is 6.36. The maximum atomic E-state index is 11.5. The Morgan fingerprint density at radius 1 is 1.36 bits per heavy atom. The highest BCUT2D eigenvalue weighted by Gasteiger charge is 2.35. The first kappa shape index (κ1) is 11.2. The molecule has 1 aliphatic rings. The molecule has 0 saturated heterocycles. The molecule has 78 valence electrons. The topological polar surface area (TPSA) is 46.2 Å². The molecule has 1 aliphatic heterocycles. The number of hydrogen-bond donors (Lipinski definition) is 1. The van der Waals surface area contributed by atoms with E-state index in [9.17, 15) is 9.59 Å². The quantitative estimate of drug-likeness (QED) is 0.570. The van der Waals surface area contributed by atoms with Gasteiger partial charge in [0.05, 0.1) is 8.07 Å². The van der Waals surface area contributed by atoms with Gasteiger partial charge in [-0.15, -0.1) is 0 Å². The summed E-state index contributed by atoms with van der Waals surface area (Å²) in [4.78, 5) is 22.5. The molecule has 0 saturated carbocycles. The second kappa shape index (κ2) is 3.69. The molecule has 1 N–H and O–H groups in total. The van der Waals surface area contributed by atoms with Crippen LogP contribution in [0, 0.1) is 0 Å². The van der Waals surface area contributed by atoms with Crippen LogP contribution in [-0.4, -0.2) is 19.9 Å². The normalized spacial score (nSPS) is 19.3. The summed E-state index contributed by atoms with van der Waals surface area (Å²) < 4.78 is 0. The molecule has 14 heavy (non-hydrogen) atoms. The van der Waals surface area contributed by atoms with Crippen LogP contribution in [0.2, 0.25) is 25.2 Å². The molecule has 0 fully saturated rings. The summed E-state index contributed by atoms with van der Waals surface area (Å²) >= 11 is 0. The summed E-state index contributed by atoms with van der Waals surface area (Å²) in [6.45, 7) is 8.73. The summed E-state index contributed by atoms with van der Waals surface area (Å²) in [7, 11) is -1.40. The molecule has 0 radical (unpaired) electrons. The van der Waals surface area contributed by atoms with Crippen LogP contribution in [0.4, 0.5) is 0 Å². The third-order valence-electron chi connectivity index (χ3n) is 2.61. The van der Waals surface area contributed by atoms with Crippen LogP contribution in [0.15, 0.2) is 11.6 Å². The van der Waals surface area contributed by atoms with E-state index < -0.39 is 8.07 Å². The van der Waals surface area contributed by atoms with Gasteiger partial charge in [0.1, 0.15) is 0 Å². The van der Waals surface area contributed by atoms with E-state index in [2.05, 4.69) is 31.9 Å². The van der Waals surface area contributed by atoms with Crippen LogP contribution in [0.3, 0.4) is 0 Å². The molecule has 3 nitrogen and oxygen atoms in total. The minimum atomic E-state index is -1.40. The average molecular weight is 211 g/mol. The summed E-state index contributed by atoms with van der Waals surface area (Å²) in [5.41, 5.74) is 0.977. The molecule has 0 aromatic carbocycles. The molecule has 0 spiro atoms. The third-order valence-corrected chi connectivity index (χ3v) is 5.42. The zero-order chi connectivity index (χ0) is 10.9. The maximum absolute atomic E-state index is 11.5. The number of amides is 2. The van der Waals surface area contributed by atoms with Crippen molar-refractivity contribution < 1.29 is 9.59 Å². The van der Waals surface area contributed by atoms with E-state index in [4.69, 9.17) is 0 Å². The molecule has 0 aliphatic carbocycles. The number of carbonyl (C=O) groups is 2. The van der Waals surface area contributed by atoms with E-state index in [1.54, 1.807) is 0 Å². The summed E-state index contributed by atoms with van der Waals surface area (Å²) in [6.07, 6.45) is 2.40. The predicted molar refractivity (Wildman–Crippen MR) is 58.6 cm³/mol. The molecule has 0 aromatic rings. The Labute approximate surface area is 85.6 Å². The van der Waals surface area contributed by atoms with Gasteiger partial charge in [-0.1, -0.05) is 33.0 Å². The molecule has 2 amide bonds. The molecule has 0 aromatic heterocycles.